The Kier molecular flexibility index (Phi) is 2.89. The monoisotopic (exact) mass is 241 g/mol. The highest BCUT2D eigenvalue weighted by Crippen LogP contribution is 2.31. The zero-order valence-corrected chi connectivity index (χ0v) is 9.88. The summed E-state index contributed by atoms with van der Waals surface area (Å²) in [6.07, 6.45) is 4.45. The van der Waals surface area contributed by atoms with Gasteiger partial charge in [-0.15, -0.1) is 11.6 Å². The predicted octanol–water partition coefficient (Wildman–Crippen LogP) is 2.47. The van der Waals surface area contributed by atoms with Crippen LogP contribution in [0.5, 0.6) is 0 Å². The number of halogens is 2. The van der Waals surface area contributed by atoms with E-state index in [2.05, 4.69) is 5.32 Å². The van der Waals surface area contributed by atoms with E-state index in [1.807, 2.05) is 6.92 Å². The van der Waals surface area contributed by atoms with Gasteiger partial charge < -0.3 is 5.32 Å². The van der Waals surface area contributed by atoms with Crippen molar-refractivity contribution in [1.82, 2.24) is 5.32 Å². The molecule has 0 aromatic heterocycles. The average molecular weight is 242 g/mol. The Morgan fingerprint density at radius 3 is 2.69 bits per heavy atom. The predicted molar refractivity (Wildman–Crippen MR) is 61.8 cm³/mol. The van der Waals surface area contributed by atoms with Gasteiger partial charge in [-0.2, -0.15) is 0 Å². The molecule has 0 saturated heterocycles. The molecule has 1 aliphatic heterocycles. The van der Waals surface area contributed by atoms with Gasteiger partial charge in [-0.05, 0) is 31.6 Å². The van der Waals surface area contributed by atoms with Crippen molar-refractivity contribution in [1.29, 1.82) is 0 Å². The molecule has 0 aromatic carbocycles. The van der Waals surface area contributed by atoms with Crippen LogP contribution in [-0.4, -0.2) is 17.3 Å². The van der Waals surface area contributed by atoms with Gasteiger partial charge in [-0.25, -0.2) is 4.39 Å². The van der Waals surface area contributed by atoms with Crippen molar-refractivity contribution in [2.45, 2.75) is 25.3 Å². The van der Waals surface area contributed by atoms with Crippen LogP contribution >= 0.6 is 11.6 Å². The van der Waals surface area contributed by atoms with Crippen molar-refractivity contribution >= 4 is 17.5 Å². The number of carbonyl (C=O) groups is 1. The second-order valence-electron chi connectivity index (χ2n) is 4.19. The molecule has 2 aliphatic rings. The molecule has 0 bridgehead atoms. The molecule has 1 amide bonds. The summed E-state index contributed by atoms with van der Waals surface area (Å²) in [4.78, 5) is 11.5. The summed E-state index contributed by atoms with van der Waals surface area (Å²) in [6, 6.07) is -0.189. The van der Waals surface area contributed by atoms with Crippen molar-refractivity contribution in [3.63, 3.8) is 0 Å². The van der Waals surface area contributed by atoms with Gasteiger partial charge in [0.15, 0.2) is 0 Å². The minimum atomic E-state index is -0.298. The summed E-state index contributed by atoms with van der Waals surface area (Å²) < 4.78 is 13.2. The number of nitrogens with one attached hydrogen (secondary N) is 1. The lowest BCUT2D eigenvalue weighted by Gasteiger charge is -2.26. The quantitative estimate of drug-likeness (QED) is 0.702. The first-order chi connectivity index (χ1) is 7.50. The van der Waals surface area contributed by atoms with E-state index in [1.54, 1.807) is 13.0 Å². The highest BCUT2D eigenvalue weighted by molar-refractivity contribution is 6.22. The SMILES string of the molecule is CC1=C(C)[C@@H](C2C=C(F)C=CC2Cl)NC1=O. The highest BCUT2D eigenvalue weighted by Gasteiger charge is 2.35. The molecule has 16 heavy (non-hydrogen) atoms. The molecule has 0 aromatic rings. The fourth-order valence-corrected chi connectivity index (χ4v) is 2.37. The summed E-state index contributed by atoms with van der Waals surface area (Å²) >= 11 is 6.12. The molecule has 0 fully saturated rings. The molecular weight excluding hydrogens is 229 g/mol. The van der Waals surface area contributed by atoms with Crippen LogP contribution in [0.15, 0.2) is 35.2 Å². The van der Waals surface area contributed by atoms with Crippen molar-refractivity contribution in [3.05, 3.63) is 35.2 Å². The van der Waals surface area contributed by atoms with E-state index in [-0.39, 0.29) is 29.1 Å². The Morgan fingerprint density at radius 2 is 2.12 bits per heavy atom. The largest absolute Gasteiger partial charge is 0.345 e. The number of carbonyl (C=O) groups excluding carboxylic acids is 1. The molecule has 2 nitrogen and oxygen atoms in total. The lowest BCUT2D eigenvalue weighted by molar-refractivity contribution is -0.117. The Balaban J connectivity index is 2.28. The molecule has 2 unspecified atom stereocenters. The number of hydrogen-bond donors (Lipinski definition) is 1. The second-order valence-corrected chi connectivity index (χ2v) is 4.70. The topological polar surface area (TPSA) is 29.1 Å². The molecule has 1 heterocycles. The Labute approximate surface area is 98.9 Å². The third-order valence-electron chi connectivity index (χ3n) is 3.23. The zero-order chi connectivity index (χ0) is 11.9. The molecule has 1 N–H and O–H groups in total. The van der Waals surface area contributed by atoms with Gasteiger partial charge in [0.1, 0.15) is 5.83 Å². The smallest absolute Gasteiger partial charge is 0.247 e. The van der Waals surface area contributed by atoms with Gasteiger partial charge >= 0.3 is 0 Å². The number of alkyl halides is 1. The van der Waals surface area contributed by atoms with Crippen molar-refractivity contribution in [3.8, 4) is 0 Å². The number of rotatable bonds is 1. The van der Waals surface area contributed by atoms with Crippen LogP contribution in [0.3, 0.4) is 0 Å². The first kappa shape index (κ1) is 11.4. The van der Waals surface area contributed by atoms with Crippen LogP contribution < -0.4 is 5.32 Å². The van der Waals surface area contributed by atoms with Crippen molar-refractivity contribution in [2.75, 3.05) is 0 Å². The van der Waals surface area contributed by atoms with Crippen LogP contribution in [0.4, 0.5) is 4.39 Å². The van der Waals surface area contributed by atoms with Crippen LogP contribution in [0.1, 0.15) is 13.8 Å². The molecule has 86 valence electrons. The van der Waals surface area contributed by atoms with Crippen LogP contribution in [0, 0.1) is 5.92 Å². The minimum absolute atomic E-state index is 0.0882. The first-order valence-corrected chi connectivity index (χ1v) is 5.62. The summed E-state index contributed by atoms with van der Waals surface area (Å²) in [5.74, 6) is -0.601. The highest BCUT2D eigenvalue weighted by atomic mass is 35.5. The van der Waals surface area contributed by atoms with Crippen molar-refractivity contribution in [2.24, 2.45) is 5.92 Å². The van der Waals surface area contributed by atoms with Gasteiger partial charge in [0.05, 0.1) is 11.4 Å². The first-order valence-electron chi connectivity index (χ1n) is 5.18. The summed E-state index contributed by atoms with van der Waals surface area (Å²) in [6.45, 7) is 3.65. The molecule has 2 rings (SSSR count). The fourth-order valence-electron chi connectivity index (χ4n) is 2.08. The Bertz CT molecular complexity index is 425. The van der Waals surface area contributed by atoms with Crippen LogP contribution in [0.25, 0.3) is 0 Å². The number of allylic oxidation sites excluding steroid dienone is 3. The van der Waals surface area contributed by atoms with E-state index in [1.165, 1.54) is 12.2 Å². The van der Waals surface area contributed by atoms with Crippen LogP contribution in [0.2, 0.25) is 0 Å². The molecule has 4 heteroatoms. The second kappa shape index (κ2) is 4.06. The molecule has 0 saturated carbocycles. The van der Waals surface area contributed by atoms with E-state index in [0.717, 1.165) is 5.57 Å². The maximum atomic E-state index is 13.2. The zero-order valence-electron chi connectivity index (χ0n) is 9.13. The molecular formula is C12H13ClFNO. The van der Waals surface area contributed by atoms with Gasteiger partial charge in [0, 0.05) is 11.5 Å². The average Bonchev–Trinajstić information content (AvgIpc) is 2.50. The number of hydrogen-bond acceptors (Lipinski definition) is 1. The fraction of sp³-hybridized carbons (Fsp3) is 0.417. The molecule has 3 atom stereocenters. The summed E-state index contributed by atoms with van der Waals surface area (Å²) in [5.41, 5.74) is 1.65. The van der Waals surface area contributed by atoms with Gasteiger partial charge in [0.25, 0.3) is 0 Å². The van der Waals surface area contributed by atoms with Crippen LogP contribution in [-0.2, 0) is 4.79 Å². The van der Waals surface area contributed by atoms with E-state index < -0.39 is 0 Å². The van der Waals surface area contributed by atoms with Gasteiger partial charge in [-0.1, -0.05) is 6.08 Å². The maximum absolute atomic E-state index is 13.2. The van der Waals surface area contributed by atoms with Gasteiger partial charge in [0.2, 0.25) is 5.91 Å². The third kappa shape index (κ3) is 1.80. The van der Waals surface area contributed by atoms with Gasteiger partial charge in [-0.3, -0.25) is 4.79 Å². The van der Waals surface area contributed by atoms with Crippen molar-refractivity contribution < 1.29 is 9.18 Å². The third-order valence-corrected chi connectivity index (χ3v) is 3.67. The lowest BCUT2D eigenvalue weighted by Crippen LogP contribution is -2.39. The van der Waals surface area contributed by atoms with E-state index >= 15 is 0 Å². The maximum Gasteiger partial charge on any atom is 0.247 e. The molecule has 0 spiro atoms. The molecule has 1 aliphatic carbocycles. The minimum Gasteiger partial charge on any atom is -0.345 e. The summed E-state index contributed by atoms with van der Waals surface area (Å²) in [7, 11) is 0. The lowest BCUT2D eigenvalue weighted by atomic mass is 9.88. The van der Waals surface area contributed by atoms with E-state index in [4.69, 9.17) is 11.6 Å². The summed E-state index contributed by atoms with van der Waals surface area (Å²) in [5, 5.41) is 2.55. The molecule has 0 radical (unpaired) electrons. The van der Waals surface area contributed by atoms with E-state index in [9.17, 15) is 9.18 Å². The standard InChI is InChI=1S/C12H13ClFNO/c1-6-7(2)12(16)15-11(6)9-5-8(14)3-4-10(9)13/h3-5,9-11H,1-2H3,(H,15,16)/t9?,10?,11-/m0/s1. The Morgan fingerprint density at radius 1 is 1.44 bits per heavy atom. The normalized spacial score (nSPS) is 34.1. The van der Waals surface area contributed by atoms with E-state index in [0.29, 0.717) is 5.57 Å². The number of amides is 1. The Hall–Kier alpha value is -1.09.